The molecule has 0 atom stereocenters. The summed E-state index contributed by atoms with van der Waals surface area (Å²) in [5, 5.41) is 2.86. The Morgan fingerprint density at radius 1 is 1.09 bits per heavy atom. The van der Waals surface area contributed by atoms with Crippen LogP contribution in [0, 0.1) is 20.8 Å². The van der Waals surface area contributed by atoms with Crippen molar-refractivity contribution in [3.05, 3.63) is 58.0 Å². The third-order valence-electron chi connectivity index (χ3n) is 3.62. The van der Waals surface area contributed by atoms with Gasteiger partial charge in [0.2, 0.25) is 0 Å². The maximum absolute atomic E-state index is 12.2. The lowest BCUT2D eigenvalue weighted by atomic mass is 10.1. The molecule has 1 N–H and O–H groups in total. The summed E-state index contributed by atoms with van der Waals surface area (Å²) in [6.07, 6.45) is 0. The van der Waals surface area contributed by atoms with Crippen molar-refractivity contribution >= 4 is 11.9 Å². The SMILES string of the molecule is COC(=O)c1ccc(CNC(=O)c2c(C)oc(C)c2C)cc1. The third kappa shape index (κ3) is 3.19. The van der Waals surface area contributed by atoms with Crippen LogP contribution in [0.4, 0.5) is 0 Å². The Hall–Kier alpha value is -2.56. The molecule has 2 rings (SSSR count). The quantitative estimate of drug-likeness (QED) is 0.882. The fourth-order valence-electron chi connectivity index (χ4n) is 2.27. The number of esters is 1. The van der Waals surface area contributed by atoms with E-state index in [-0.39, 0.29) is 11.9 Å². The largest absolute Gasteiger partial charge is 0.466 e. The predicted octanol–water partition coefficient (Wildman–Crippen LogP) is 2.92. The minimum absolute atomic E-state index is 0.163. The van der Waals surface area contributed by atoms with Crippen LogP contribution in [-0.2, 0) is 11.3 Å². The first-order valence-electron chi connectivity index (χ1n) is 6.96. The molecule has 2 aromatic rings. The van der Waals surface area contributed by atoms with Gasteiger partial charge in [-0.1, -0.05) is 12.1 Å². The number of furan rings is 1. The fraction of sp³-hybridized carbons (Fsp3) is 0.294. The lowest BCUT2D eigenvalue weighted by Crippen LogP contribution is -2.23. The van der Waals surface area contributed by atoms with Crippen LogP contribution in [-0.4, -0.2) is 19.0 Å². The van der Waals surface area contributed by atoms with Gasteiger partial charge in [0.25, 0.3) is 5.91 Å². The van der Waals surface area contributed by atoms with E-state index < -0.39 is 0 Å². The van der Waals surface area contributed by atoms with E-state index in [4.69, 9.17) is 4.42 Å². The number of rotatable bonds is 4. The van der Waals surface area contributed by atoms with Crippen molar-refractivity contribution in [2.45, 2.75) is 27.3 Å². The number of benzene rings is 1. The molecular weight excluding hydrogens is 282 g/mol. The van der Waals surface area contributed by atoms with Crippen LogP contribution in [0.5, 0.6) is 0 Å². The third-order valence-corrected chi connectivity index (χ3v) is 3.62. The summed E-state index contributed by atoms with van der Waals surface area (Å²) in [5.41, 5.74) is 2.82. The predicted molar refractivity (Wildman–Crippen MR) is 81.9 cm³/mol. The first-order chi connectivity index (χ1) is 10.4. The monoisotopic (exact) mass is 301 g/mol. The molecule has 0 saturated carbocycles. The van der Waals surface area contributed by atoms with E-state index in [2.05, 4.69) is 10.1 Å². The Morgan fingerprint density at radius 2 is 1.73 bits per heavy atom. The van der Waals surface area contributed by atoms with Crippen molar-refractivity contribution in [1.82, 2.24) is 5.32 Å². The van der Waals surface area contributed by atoms with Crippen molar-refractivity contribution in [2.24, 2.45) is 0 Å². The Kier molecular flexibility index (Phi) is 4.65. The minimum atomic E-state index is -0.379. The topological polar surface area (TPSA) is 68.5 Å². The second-order valence-corrected chi connectivity index (χ2v) is 5.09. The maximum atomic E-state index is 12.2. The zero-order chi connectivity index (χ0) is 16.3. The van der Waals surface area contributed by atoms with Crippen LogP contribution in [0.2, 0.25) is 0 Å². The first-order valence-corrected chi connectivity index (χ1v) is 6.96. The van der Waals surface area contributed by atoms with Gasteiger partial charge in [-0.25, -0.2) is 4.79 Å². The summed E-state index contributed by atoms with van der Waals surface area (Å²) in [5.74, 6) is 0.832. The van der Waals surface area contributed by atoms with Crippen molar-refractivity contribution in [2.75, 3.05) is 7.11 Å². The summed E-state index contributed by atoms with van der Waals surface area (Å²) >= 11 is 0. The number of carbonyl (C=O) groups is 2. The average molecular weight is 301 g/mol. The minimum Gasteiger partial charge on any atom is -0.466 e. The number of amides is 1. The summed E-state index contributed by atoms with van der Waals surface area (Å²) in [6.45, 7) is 5.86. The van der Waals surface area contributed by atoms with Crippen LogP contribution in [0.1, 0.15) is 43.4 Å². The molecule has 1 heterocycles. The van der Waals surface area contributed by atoms with Gasteiger partial charge in [-0.05, 0) is 38.5 Å². The second-order valence-electron chi connectivity index (χ2n) is 5.09. The standard InChI is InChI=1S/C17H19NO4/c1-10-11(2)22-12(3)15(10)16(19)18-9-13-5-7-14(8-6-13)17(20)21-4/h5-8H,9H2,1-4H3,(H,18,19). The molecule has 0 fully saturated rings. The van der Waals surface area contributed by atoms with Crippen molar-refractivity contribution in [3.8, 4) is 0 Å². The number of hydrogen-bond donors (Lipinski definition) is 1. The highest BCUT2D eigenvalue weighted by molar-refractivity contribution is 5.96. The summed E-state index contributed by atoms with van der Waals surface area (Å²) < 4.78 is 10.1. The molecule has 0 radical (unpaired) electrons. The van der Waals surface area contributed by atoms with Gasteiger partial charge in [0.1, 0.15) is 11.5 Å². The number of aryl methyl sites for hydroxylation is 2. The molecular formula is C17H19NO4. The Morgan fingerprint density at radius 3 is 2.23 bits per heavy atom. The number of carbonyl (C=O) groups excluding carboxylic acids is 2. The van der Waals surface area contributed by atoms with Gasteiger partial charge >= 0.3 is 5.97 Å². The molecule has 0 aliphatic carbocycles. The lowest BCUT2D eigenvalue weighted by molar-refractivity contribution is 0.0600. The number of methoxy groups -OCH3 is 1. The van der Waals surface area contributed by atoms with Gasteiger partial charge in [-0.2, -0.15) is 0 Å². The van der Waals surface area contributed by atoms with E-state index in [9.17, 15) is 9.59 Å². The summed E-state index contributed by atoms with van der Waals surface area (Å²) in [7, 11) is 1.34. The van der Waals surface area contributed by atoms with E-state index in [1.807, 2.05) is 13.8 Å². The highest BCUT2D eigenvalue weighted by atomic mass is 16.5. The van der Waals surface area contributed by atoms with Crippen LogP contribution in [0.25, 0.3) is 0 Å². The molecule has 1 aromatic heterocycles. The molecule has 5 heteroatoms. The molecule has 1 amide bonds. The van der Waals surface area contributed by atoms with Crippen molar-refractivity contribution in [3.63, 3.8) is 0 Å². The molecule has 0 aliphatic rings. The smallest absolute Gasteiger partial charge is 0.337 e. The number of hydrogen-bond acceptors (Lipinski definition) is 4. The van der Waals surface area contributed by atoms with E-state index in [1.54, 1.807) is 31.2 Å². The zero-order valence-electron chi connectivity index (χ0n) is 13.1. The molecule has 116 valence electrons. The molecule has 1 aromatic carbocycles. The fourth-order valence-corrected chi connectivity index (χ4v) is 2.27. The Labute approximate surface area is 129 Å². The maximum Gasteiger partial charge on any atom is 0.337 e. The molecule has 0 aliphatic heterocycles. The summed E-state index contributed by atoms with van der Waals surface area (Å²) in [6, 6.07) is 6.91. The Balaban J connectivity index is 2.03. The molecule has 0 unspecified atom stereocenters. The number of nitrogens with one attached hydrogen (secondary N) is 1. The van der Waals surface area contributed by atoms with E-state index in [0.29, 0.717) is 23.4 Å². The molecule has 22 heavy (non-hydrogen) atoms. The molecule has 0 bridgehead atoms. The first kappa shape index (κ1) is 15.8. The average Bonchev–Trinajstić information content (AvgIpc) is 2.77. The molecule has 5 nitrogen and oxygen atoms in total. The van der Waals surface area contributed by atoms with E-state index in [1.165, 1.54) is 7.11 Å². The lowest BCUT2D eigenvalue weighted by Gasteiger charge is -2.06. The van der Waals surface area contributed by atoms with Gasteiger partial charge < -0.3 is 14.5 Å². The molecule has 0 saturated heterocycles. The van der Waals surface area contributed by atoms with Gasteiger partial charge in [-0.3, -0.25) is 4.79 Å². The van der Waals surface area contributed by atoms with Gasteiger partial charge in [0, 0.05) is 12.1 Å². The van der Waals surface area contributed by atoms with E-state index >= 15 is 0 Å². The van der Waals surface area contributed by atoms with Crippen molar-refractivity contribution in [1.29, 1.82) is 0 Å². The van der Waals surface area contributed by atoms with Crippen LogP contribution in [0.15, 0.2) is 28.7 Å². The van der Waals surface area contributed by atoms with Crippen LogP contribution < -0.4 is 5.32 Å². The zero-order valence-corrected chi connectivity index (χ0v) is 13.1. The Bertz CT molecular complexity index is 698. The summed E-state index contributed by atoms with van der Waals surface area (Å²) in [4.78, 5) is 23.6. The second kappa shape index (κ2) is 6.47. The molecule has 0 spiro atoms. The van der Waals surface area contributed by atoms with Crippen molar-refractivity contribution < 1.29 is 18.7 Å². The normalized spacial score (nSPS) is 10.4. The highest BCUT2D eigenvalue weighted by Gasteiger charge is 2.18. The van der Waals surface area contributed by atoms with Crippen LogP contribution in [0.3, 0.4) is 0 Å². The van der Waals surface area contributed by atoms with Crippen LogP contribution >= 0.6 is 0 Å². The van der Waals surface area contributed by atoms with Gasteiger partial charge in [0.05, 0.1) is 18.2 Å². The van der Waals surface area contributed by atoms with E-state index in [0.717, 1.165) is 16.9 Å². The highest BCUT2D eigenvalue weighted by Crippen LogP contribution is 2.20. The van der Waals surface area contributed by atoms with Gasteiger partial charge in [-0.15, -0.1) is 0 Å². The number of ether oxygens (including phenoxy) is 1. The van der Waals surface area contributed by atoms with Gasteiger partial charge in [0.15, 0.2) is 0 Å².